The second-order valence-corrected chi connectivity index (χ2v) is 5.68. The van der Waals surface area contributed by atoms with Gasteiger partial charge in [-0.3, -0.25) is 4.79 Å². The lowest BCUT2D eigenvalue weighted by Crippen LogP contribution is -2.14. The van der Waals surface area contributed by atoms with Gasteiger partial charge in [0, 0.05) is 17.4 Å². The van der Waals surface area contributed by atoms with Gasteiger partial charge >= 0.3 is 0 Å². The molecule has 0 bridgehead atoms. The first kappa shape index (κ1) is 15.2. The third-order valence-electron chi connectivity index (χ3n) is 2.98. The van der Waals surface area contributed by atoms with E-state index >= 15 is 0 Å². The van der Waals surface area contributed by atoms with E-state index in [4.69, 9.17) is 0 Å². The maximum absolute atomic E-state index is 11.9. The molecule has 0 fully saturated rings. The average molecular weight is 312 g/mol. The van der Waals surface area contributed by atoms with Gasteiger partial charge in [-0.05, 0) is 36.8 Å². The summed E-state index contributed by atoms with van der Waals surface area (Å²) in [6, 6.07) is 6.18. The summed E-state index contributed by atoms with van der Waals surface area (Å²) in [4.78, 5) is 11.9. The van der Waals surface area contributed by atoms with Crippen LogP contribution in [0, 0.1) is 6.92 Å². The van der Waals surface area contributed by atoms with Gasteiger partial charge < -0.3 is 5.32 Å². The molecule has 1 amide bonds. The lowest BCUT2D eigenvalue weighted by molar-refractivity contribution is -0.116. The van der Waals surface area contributed by atoms with Crippen LogP contribution in [0.3, 0.4) is 0 Å². The topological polar surface area (TPSA) is 29.1 Å². The number of halogens is 1. The van der Waals surface area contributed by atoms with E-state index in [0.29, 0.717) is 12.3 Å². The molecule has 1 rings (SSSR count). The lowest BCUT2D eigenvalue weighted by Gasteiger charge is -2.16. The maximum Gasteiger partial charge on any atom is 0.224 e. The Morgan fingerprint density at radius 2 is 2.06 bits per heavy atom. The van der Waals surface area contributed by atoms with Crippen LogP contribution in [0.25, 0.3) is 0 Å². The van der Waals surface area contributed by atoms with E-state index in [1.807, 2.05) is 19.1 Å². The minimum Gasteiger partial charge on any atom is -0.326 e. The van der Waals surface area contributed by atoms with Crippen molar-refractivity contribution < 1.29 is 4.79 Å². The molecule has 18 heavy (non-hydrogen) atoms. The van der Waals surface area contributed by atoms with Crippen molar-refractivity contribution in [2.75, 3.05) is 10.6 Å². The molecule has 0 aliphatic rings. The minimum absolute atomic E-state index is 0.118. The van der Waals surface area contributed by atoms with Crippen LogP contribution in [0.2, 0.25) is 0 Å². The molecule has 100 valence electrons. The monoisotopic (exact) mass is 311 g/mol. The van der Waals surface area contributed by atoms with Gasteiger partial charge in [-0.1, -0.05) is 48.0 Å². The molecule has 1 N–H and O–H groups in total. The van der Waals surface area contributed by atoms with Crippen molar-refractivity contribution >= 4 is 27.5 Å². The molecule has 0 aromatic heterocycles. The highest BCUT2D eigenvalue weighted by Gasteiger charge is 2.11. The number of carbonyl (C=O) groups is 1. The van der Waals surface area contributed by atoms with Gasteiger partial charge in [0.25, 0.3) is 0 Å². The molecule has 0 atom stereocenters. The van der Waals surface area contributed by atoms with Gasteiger partial charge in [0.1, 0.15) is 0 Å². The Hall–Kier alpha value is -0.830. The molecular weight excluding hydrogens is 290 g/mol. The van der Waals surface area contributed by atoms with Gasteiger partial charge in [-0.25, -0.2) is 0 Å². The van der Waals surface area contributed by atoms with Gasteiger partial charge in [0.05, 0.1) is 0 Å². The number of alkyl halides is 1. The molecule has 0 saturated carbocycles. The Morgan fingerprint density at radius 3 is 2.67 bits per heavy atom. The maximum atomic E-state index is 11.9. The summed E-state index contributed by atoms with van der Waals surface area (Å²) in [5.74, 6) is 0.537. The first-order valence-electron chi connectivity index (χ1n) is 6.51. The third kappa shape index (κ3) is 4.45. The Balaban J connectivity index is 2.74. The zero-order valence-electron chi connectivity index (χ0n) is 11.4. The van der Waals surface area contributed by atoms with Crippen molar-refractivity contribution in [3.05, 3.63) is 29.3 Å². The lowest BCUT2D eigenvalue weighted by atomic mass is 9.98. The summed E-state index contributed by atoms with van der Waals surface area (Å²) in [6.45, 7) is 6.34. The van der Waals surface area contributed by atoms with Crippen molar-refractivity contribution in [3.63, 3.8) is 0 Å². The Labute approximate surface area is 118 Å². The third-order valence-corrected chi connectivity index (χ3v) is 3.54. The molecule has 0 unspecified atom stereocenters. The molecule has 0 aliphatic heterocycles. The van der Waals surface area contributed by atoms with Crippen molar-refractivity contribution in [2.24, 2.45) is 0 Å². The summed E-state index contributed by atoms with van der Waals surface area (Å²) < 4.78 is 0. The number of anilines is 1. The van der Waals surface area contributed by atoms with Gasteiger partial charge in [0.2, 0.25) is 5.91 Å². The molecular formula is C15H22BrNO. The summed E-state index contributed by atoms with van der Waals surface area (Å²) in [5, 5.41) is 4.03. The summed E-state index contributed by atoms with van der Waals surface area (Å²) in [5.41, 5.74) is 3.34. The fourth-order valence-electron chi connectivity index (χ4n) is 1.92. The molecule has 0 saturated heterocycles. The largest absolute Gasteiger partial charge is 0.326 e. The number of aryl methyl sites for hydroxylation is 1. The van der Waals surface area contributed by atoms with Crippen LogP contribution in [-0.4, -0.2) is 11.2 Å². The fraction of sp³-hybridized carbons (Fsp3) is 0.533. The molecule has 1 aromatic carbocycles. The van der Waals surface area contributed by atoms with Crippen LogP contribution >= 0.6 is 15.9 Å². The van der Waals surface area contributed by atoms with E-state index in [0.717, 1.165) is 29.4 Å². The number of benzene rings is 1. The number of hydrogen-bond acceptors (Lipinski definition) is 1. The minimum atomic E-state index is 0.118. The van der Waals surface area contributed by atoms with Crippen molar-refractivity contribution in [3.8, 4) is 0 Å². The molecule has 0 spiro atoms. The van der Waals surface area contributed by atoms with Crippen LogP contribution in [0.15, 0.2) is 18.2 Å². The highest BCUT2D eigenvalue weighted by molar-refractivity contribution is 9.09. The van der Waals surface area contributed by atoms with Crippen LogP contribution < -0.4 is 5.32 Å². The van der Waals surface area contributed by atoms with Crippen LogP contribution in [-0.2, 0) is 4.79 Å². The molecule has 0 radical (unpaired) electrons. The van der Waals surface area contributed by atoms with E-state index in [1.54, 1.807) is 0 Å². The van der Waals surface area contributed by atoms with Gasteiger partial charge in [-0.2, -0.15) is 0 Å². The molecule has 0 heterocycles. The first-order valence-corrected chi connectivity index (χ1v) is 7.63. The molecule has 0 aliphatic carbocycles. The predicted octanol–water partition coefficient (Wildman–Crippen LogP) is 4.62. The Kier molecular flexibility index (Phi) is 6.41. The zero-order chi connectivity index (χ0) is 13.5. The number of rotatable bonds is 6. The zero-order valence-corrected chi connectivity index (χ0v) is 13.0. The number of hydrogen-bond donors (Lipinski definition) is 1. The predicted molar refractivity (Wildman–Crippen MR) is 81.5 cm³/mol. The van der Waals surface area contributed by atoms with E-state index in [-0.39, 0.29) is 5.91 Å². The highest BCUT2D eigenvalue weighted by atomic mass is 79.9. The highest BCUT2D eigenvalue weighted by Crippen LogP contribution is 2.27. The standard InChI is InChI=1S/C15H22BrNO/c1-11(2)13-8-6-7-12(3)15(13)17-14(18)9-4-5-10-16/h6-8,11H,4-5,9-10H2,1-3H3,(H,17,18). The Morgan fingerprint density at radius 1 is 1.33 bits per heavy atom. The summed E-state index contributed by atoms with van der Waals surface area (Å²) >= 11 is 3.38. The van der Waals surface area contributed by atoms with Crippen molar-refractivity contribution in [1.29, 1.82) is 0 Å². The SMILES string of the molecule is Cc1cccc(C(C)C)c1NC(=O)CCCCBr. The van der Waals surface area contributed by atoms with Crippen LogP contribution in [0.4, 0.5) is 5.69 Å². The van der Waals surface area contributed by atoms with E-state index < -0.39 is 0 Å². The molecule has 3 heteroatoms. The van der Waals surface area contributed by atoms with E-state index in [9.17, 15) is 4.79 Å². The first-order chi connectivity index (χ1) is 8.56. The number of para-hydroxylation sites is 1. The second-order valence-electron chi connectivity index (χ2n) is 4.89. The smallest absolute Gasteiger partial charge is 0.224 e. The number of carbonyl (C=O) groups excluding carboxylic acids is 1. The molecule has 1 aromatic rings. The fourth-order valence-corrected chi connectivity index (χ4v) is 2.32. The van der Waals surface area contributed by atoms with Crippen LogP contribution in [0.5, 0.6) is 0 Å². The van der Waals surface area contributed by atoms with Gasteiger partial charge in [0.15, 0.2) is 0 Å². The summed E-state index contributed by atoms with van der Waals surface area (Å²) in [7, 11) is 0. The Bertz CT molecular complexity index is 401. The van der Waals surface area contributed by atoms with E-state index in [1.165, 1.54) is 5.56 Å². The van der Waals surface area contributed by atoms with E-state index in [2.05, 4.69) is 41.2 Å². The normalized spacial score (nSPS) is 10.7. The van der Waals surface area contributed by atoms with Crippen molar-refractivity contribution in [1.82, 2.24) is 0 Å². The average Bonchev–Trinajstić information content (AvgIpc) is 2.31. The second kappa shape index (κ2) is 7.57. The van der Waals surface area contributed by atoms with Crippen LogP contribution in [0.1, 0.15) is 50.2 Å². The number of nitrogens with one attached hydrogen (secondary N) is 1. The number of amides is 1. The molecule has 2 nitrogen and oxygen atoms in total. The quantitative estimate of drug-likeness (QED) is 0.602. The number of unbranched alkanes of at least 4 members (excludes halogenated alkanes) is 1. The summed E-state index contributed by atoms with van der Waals surface area (Å²) in [6.07, 6.45) is 2.57. The van der Waals surface area contributed by atoms with Crippen molar-refractivity contribution in [2.45, 2.75) is 46.0 Å². The van der Waals surface area contributed by atoms with Gasteiger partial charge in [-0.15, -0.1) is 0 Å².